The highest BCUT2D eigenvalue weighted by Gasteiger charge is 2.13. The van der Waals surface area contributed by atoms with E-state index >= 15 is 0 Å². The fourth-order valence-electron chi connectivity index (χ4n) is 2.46. The molecule has 0 aliphatic heterocycles. The maximum atomic E-state index is 12.3. The van der Waals surface area contributed by atoms with Gasteiger partial charge in [-0.1, -0.05) is 12.1 Å². The summed E-state index contributed by atoms with van der Waals surface area (Å²) in [6.45, 7) is 1.99. The number of rotatable bonds is 2. The SMILES string of the molecule is Cc1ccc2cc(C(=O)Nc3ccc4[nH]ncc4c3)oc2c1. The summed E-state index contributed by atoms with van der Waals surface area (Å²) >= 11 is 0. The highest BCUT2D eigenvalue weighted by Crippen LogP contribution is 2.22. The molecule has 0 unspecified atom stereocenters. The first kappa shape index (κ1) is 12.6. The number of amides is 1. The molecule has 0 fully saturated rings. The quantitative estimate of drug-likeness (QED) is 0.589. The number of furan rings is 1. The van der Waals surface area contributed by atoms with E-state index < -0.39 is 0 Å². The molecule has 5 heteroatoms. The van der Waals surface area contributed by atoms with Crippen LogP contribution in [0.1, 0.15) is 16.1 Å². The zero-order valence-corrected chi connectivity index (χ0v) is 11.9. The topological polar surface area (TPSA) is 70.9 Å². The third kappa shape index (κ3) is 2.13. The Hall–Kier alpha value is -3.08. The van der Waals surface area contributed by atoms with Crippen LogP contribution in [0.15, 0.2) is 53.1 Å². The molecule has 4 rings (SSSR count). The maximum absolute atomic E-state index is 12.3. The van der Waals surface area contributed by atoms with E-state index in [-0.39, 0.29) is 5.91 Å². The minimum absolute atomic E-state index is 0.267. The van der Waals surface area contributed by atoms with E-state index in [1.165, 1.54) is 0 Å². The lowest BCUT2D eigenvalue weighted by atomic mass is 10.2. The molecule has 0 saturated carbocycles. The lowest BCUT2D eigenvalue weighted by Gasteiger charge is -2.02. The number of fused-ring (bicyclic) bond motifs is 2. The number of nitrogens with zero attached hydrogens (tertiary/aromatic N) is 1. The number of aryl methyl sites for hydroxylation is 1. The van der Waals surface area contributed by atoms with Gasteiger partial charge in [-0.05, 0) is 42.8 Å². The highest BCUT2D eigenvalue weighted by atomic mass is 16.3. The van der Waals surface area contributed by atoms with E-state index in [1.807, 2.05) is 43.3 Å². The van der Waals surface area contributed by atoms with Gasteiger partial charge in [0.2, 0.25) is 0 Å². The smallest absolute Gasteiger partial charge is 0.291 e. The van der Waals surface area contributed by atoms with Gasteiger partial charge in [0, 0.05) is 16.5 Å². The Balaban J connectivity index is 1.64. The minimum Gasteiger partial charge on any atom is -0.451 e. The van der Waals surface area contributed by atoms with Crippen LogP contribution in [0.5, 0.6) is 0 Å². The fourth-order valence-corrected chi connectivity index (χ4v) is 2.46. The molecule has 0 saturated heterocycles. The maximum Gasteiger partial charge on any atom is 0.291 e. The van der Waals surface area contributed by atoms with Crippen LogP contribution < -0.4 is 5.32 Å². The summed E-state index contributed by atoms with van der Waals surface area (Å²) in [6, 6.07) is 13.2. The third-order valence-electron chi connectivity index (χ3n) is 3.60. The van der Waals surface area contributed by atoms with Crippen molar-refractivity contribution in [3.8, 4) is 0 Å². The van der Waals surface area contributed by atoms with Crippen LogP contribution >= 0.6 is 0 Å². The van der Waals surface area contributed by atoms with Gasteiger partial charge in [0.15, 0.2) is 5.76 Å². The summed E-state index contributed by atoms with van der Waals surface area (Å²) in [5.74, 6) is 0.0320. The molecule has 22 heavy (non-hydrogen) atoms. The molecule has 108 valence electrons. The Morgan fingerprint density at radius 2 is 2.05 bits per heavy atom. The van der Waals surface area contributed by atoms with Gasteiger partial charge in [-0.3, -0.25) is 9.89 Å². The highest BCUT2D eigenvalue weighted by molar-refractivity contribution is 6.05. The van der Waals surface area contributed by atoms with Crippen LogP contribution in [0, 0.1) is 6.92 Å². The van der Waals surface area contributed by atoms with Crippen molar-refractivity contribution in [3.63, 3.8) is 0 Å². The van der Waals surface area contributed by atoms with E-state index in [4.69, 9.17) is 4.42 Å². The van der Waals surface area contributed by atoms with Gasteiger partial charge in [0.05, 0.1) is 11.7 Å². The zero-order valence-electron chi connectivity index (χ0n) is 11.9. The lowest BCUT2D eigenvalue weighted by molar-refractivity contribution is 0.0998. The molecule has 0 radical (unpaired) electrons. The van der Waals surface area contributed by atoms with Crippen LogP contribution in [0.4, 0.5) is 5.69 Å². The average molecular weight is 291 g/mol. The van der Waals surface area contributed by atoms with Gasteiger partial charge in [-0.2, -0.15) is 5.10 Å². The monoisotopic (exact) mass is 291 g/mol. The van der Waals surface area contributed by atoms with Crippen molar-refractivity contribution in [3.05, 3.63) is 60.0 Å². The van der Waals surface area contributed by atoms with Crippen LogP contribution in [0.25, 0.3) is 21.9 Å². The third-order valence-corrected chi connectivity index (χ3v) is 3.60. The second-order valence-electron chi connectivity index (χ2n) is 5.28. The lowest BCUT2D eigenvalue weighted by Crippen LogP contribution is -2.10. The minimum atomic E-state index is -0.267. The second-order valence-corrected chi connectivity index (χ2v) is 5.28. The Kier molecular flexibility index (Phi) is 2.72. The summed E-state index contributed by atoms with van der Waals surface area (Å²) in [5.41, 5.74) is 3.45. The number of carbonyl (C=O) groups excluding carboxylic acids is 1. The standard InChI is InChI=1S/C17H13N3O2/c1-10-2-3-11-8-16(22-15(11)6-10)17(21)19-13-4-5-14-12(7-13)9-18-20-14/h2-9H,1H3,(H,18,20)(H,19,21). The first-order valence-corrected chi connectivity index (χ1v) is 6.94. The number of aromatic nitrogens is 2. The molecule has 2 heterocycles. The van der Waals surface area contributed by atoms with Crippen LogP contribution in [-0.4, -0.2) is 16.1 Å². The Morgan fingerprint density at radius 3 is 2.95 bits per heavy atom. The summed E-state index contributed by atoms with van der Waals surface area (Å²) in [5, 5.41) is 11.5. The number of nitrogens with one attached hydrogen (secondary N) is 2. The summed E-state index contributed by atoms with van der Waals surface area (Å²) < 4.78 is 5.62. The molecule has 2 aromatic carbocycles. The Bertz CT molecular complexity index is 997. The van der Waals surface area contributed by atoms with Crippen LogP contribution in [0.2, 0.25) is 0 Å². The molecule has 5 nitrogen and oxygen atoms in total. The predicted molar refractivity (Wildman–Crippen MR) is 85.0 cm³/mol. The summed E-state index contributed by atoms with van der Waals surface area (Å²) in [7, 11) is 0. The van der Waals surface area contributed by atoms with Gasteiger partial charge in [0.1, 0.15) is 5.58 Å². The fraction of sp³-hybridized carbons (Fsp3) is 0.0588. The molecule has 0 spiro atoms. The molecule has 2 aromatic heterocycles. The molecular weight excluding hydrogens is 278 g/mol. The van der Waals surface area contributed by atoms with Crippen LogP contribution in [0.3, 0.4) is 0 Å². The number of hydrogen-bond donors (Lipinski definition) is 2. The zero-order chi connectivity index (χ0) is 15.1. The summed E-state index contributed by atoms with van der Waals surface area (Å²) in [6.07, 6.45) is 1.72. The van der Waals surface area contributed by atoms with Crippen molar-refractivity contribution < 1.29 is 9.21 Å². The summed E-state index contributed by atoms with van der Waals surface area (Å²) in [4.78, 5) is 12.3. The largest absolute Gasteiger partial charge is 0.451 e. The molecule has 0 aliphatic rings. The molecule has 2 N–H and O–H groups in total. The van der Waals surface area contributed by atoms with E-state index in [1.54, 1.807) is 12.3 Å². The van der Waals surface area contributed by atoms with Gasteiger partial charge in [0.25, 0.3) is 5.91 Å². The number of aromatic amines is 1. The van der Waals surface area contributed by atoms with Crippen LogP contribution in [-0.2, 0) is 0 Å². The predicted octanol–water partition coefficient (Wildman–Crippen LogP) is 3.87. The van der Waals surface area contributed by atoms with Crippen molar-refractivity contribution in [2.45, 2.75) is 6.92 Å². The number of benzene rings is 2. The van der Waals surface area contributed by atoms with Gasteiger partial charge < -0.3 is 9.73 Å². The van der Waals surface area contributed by atoms with E-state index in [0.717, 1.165) is 27.4 Å². The molecule has 1 amide bonds. The van der Waals surface area contributed by atoms with Crippen molar-refractivity contribution >= 4 is 33.5 Å². The Morgan fingerprint density at radius 1 is 1.14 bits per heavy atom. The van der Waals surface area contributed by atoms with E-state index in [2.05, 4.69) is 15.5 Å². The first-order valence-electron chi connectivity index (χ1n) is 6.94. The molecule has 4 aromatic rings. The number of carbonyl (C=O) groups is 1. The van der Waals surface area contributed by atoms with Crippen molar-refractivity contribution in [1.82, 2.24) is 10.2 Å². The number of hydrogen-bond acceptors (Lipinski definition) is 3. The molecule has 0 aliphatic carbocycles. The van der Waals surface area contributed by atoms with E-state index in [9.17, 15) is 4.79 Å². The molecule has 0 bridgehead atoms. The van der Waals surface area contributed by atoms with E-state index in [0.29, 0.717) is 11.4 Å². The van der Waals surface area contributed by atoms with Gasteiger partial charge >= 0.3 is 0 Å². The first-order chi connectivity index (χ1) is 10.7. The second kappa shape index (κ2) is 4.73. The number of H-pyrrole nitrogens is 1. The average Bonchev–Trinajstić information content (AvgIpc) is 3.12. The molecular formula is C17H13N3O2. The van der Waals surface area contributed by atoms with Crippen molar-refractivity contribution in [2.75, 3.05) is 5.32 Å². The van der Waals surface area contributed by atoms with Gasteiger partial charge in [-0.25, -0.2) is 0 Å². The number of anilines is 1. The normalized spacial score (nSPS) is 11.1. The van der Waals surface area contributed by atoms with Gasteiger partial charge in [-0.15, -0.1) is 0 Å². The Labute approximate surface area is 125 Å². The van der Waals surface area contributed by atoms with Crippen molar-refractivity contribution in [2.24, 2.45) is 0 Å². The molecule has 0 atom stereocenters. The van der Waals surface area contributed by atoms with Crippen molar-refractivity contribution in [1.29, 1.82) is 0 Å².